The van der Waals surface area contributed by atoms with E-state index in [1.165, 1.54) is 24.2 Å². The minimum Gasteiger partial charge on any atom is -0.459 e. The Kier molecular flexibility index (Phi) is 6.11. The molecular weight excluding hydrogens is 378 g/mol. The van der Waals surface area contributed by atoms with Gasteiger partial charge in [0.2, 0.25) is 5.82 Å². The van der Waals surface area contributed by atoms with Crippen molar-refractivity contribution in [2.75, 3.05) is 18.5 Å². The van der Waals surface area contributed by atoms with Crippen LogP contribution in [0.4, 0.5) is 11.5 Å². The lowest BCUT2D eigenvalue weighted by atomic mass is 10.2. The van der Waals surface area contributed by atoms with Crippen LogP contribution in [0.15, 0.2) is 24.7 Å². The van der Waals surface area contributed by atoms with Gasteiger partial charge in [-0.15, -0.1) is 0 Å². The van der Waals surface area contributed by atoms with Gasteiger partial charge in [-0.25, -0.2) is 9.97 Å². The van der Waals surface area contributed by atoms with Crippen LogP contribution in [0.25, 0.3) is 0 Å². The van der Waals surface area contributed by atoms with Crippen LogP contribution in [0.1, 0.15) is 20.8 Å². The molecule has 0 saturated carbocycles. The number of hydrogen-bond acceptors (Lipinski definition) is 9. The lowest BCUT2D eigenvalue weighted by Gasteiger charge is -2.23. The number of carbonyl (C=O) groups excluding carboxylic acids is 1. The van der Waals surface area contributed by atoms with E-state index >= 15 is 0 Å². The fourth-order valence-electron chi connectivity index (χ4n) is 2.06. The average molecular weight is 396 g/mol. The van der Waals surface area contributed by atoms with Gasteiger partial charge in [-0.05, 0) is 32.9 Å². The minimum absolute atomic E-state index is 0.0223. The first kappa shape index (κ1) is 20.3. The maximum Gasteiger partial charge on any atom is 0.373 e. The molecule has 0 aliphatic heterocycles. The highest BCUT2D eigenvalue weighted by Gasteiger charge is 2.29. The second-order valence-electron chi connectivity index (χ2n) is 6.45. The first-order valence-corrected chi connectivity index (χ1v) is 8.17. The molecule has 0 N–H and O–H groups in total. The van der Waals surface area contributed by atoms with Gasteiger partial charge in [-0.2, -0.15) is 4.98 Å². The van der Waals surface area contributed by atoms with Gasteiger partial charge < -0.3 is 14.4 Å². The molecule has 0 unspecified atom stereocenters. The zero-order valence-electron chi connectivity index (χ0n) is 15.2. The number of aromatic nitrogens is 3. The highest BCUT2D eigenvalue weighted by molar-refractivity contribution is 6.30. The molecule has 11 heteroatoms. The predicted octanol–water partition coefficient (Wildman–Crippen LogP) is 3.00. The van der Waals surface area contributed by atoms with Crippen LogP contribution in [0.5, 0.6) is 11.6 Å². The van der Waals surface area contributed by atoms with Gasteiger partial charge in [0.25, 0.3) is 0 Å². The first-order valence-electron chi connectivity index (χ1n) is 7.79. The van der Waals surface area contributed by atoms with Crippen molar-refractivity contribution in [3.05, 3.63) is 39.9 Å². The van der Waals surface area contributed by atoms with E-state index in [9.17, 15) is 14.9 Å². The number of halogens is 1. The maximum absolute atomic E-state index is 12.0. The number of nitrogens with zero attached hydrogens (tertiary/aromatic N) is 5. The number of anilines is 1. The summed E-state index contributed by atoms with van der Waals surface area (Å²) in [4.78, 5) is 35.8. The monoisotopic (exact) mass is 395 g/mol. The second-order valence-corrected chi connectivity index (χ2v) is 6.80. The van der Waals surface area contributed by atoms with Crippen LogP contribution in [-0.2, 0) is 9.53 Å². The largest absolute Gasteiger partial charge is 0.459 e. The average Bonchev–Trinajstić information content (AvgIpc) is 2.54. The van der Waals surface area contributed by atoms with Crippen LogP contribution in [0.3, 0.4) is 0 Å². The van der Waals surface area contributed by atoms with Crippen molar-refractivity contribution in [3.8, 4) is 11.6 Å². The number of nitro groups is 1. The van der Waals surface area contributed by atoms with Gasteiger partial charge in [-0.3, -0.25) is 14.9 Å². The van der Waals surface area contributed by atoms with Crippen molar-refractivity contribution >= 4 is 29.1 Å². The van der Waals surface area contributed by atoms with Gasteiger partial charge in [0.15, 0.2) is 10.9 Å². The molecule has 0 amide bonds. The topological polar surface area (TPSA) is 121 Å². The van der Waals surface area contributed by atoms with Crippen molar-refractivity contribution in [1.29, 1.82) is 0 Å². The van der Waals surface area contributed by atoms with Crippen molar-refractivity contribution in [2.45, 2.75) is 26.4 Å². The molecule has 0 radical (unpaired) electrons. The summed E-state index contributed by atoms with van der Waals surface area (Å²) in [5.41, 5.74) is -1.19. The Balaban J connectivity index is 2.33. The molecule has 0 bridgehead atoms. The van der Waals surface area contributed by atoms with Crippen LogP contribution in [-0.4, -0.2) is 45.0 Å². The van der Waals surface area contributed by atoms with Crippen molar-refractivity contribution in [1.82, 2.24) is 15.0 Å². The summed E-state index contributed by atoms with van der Waals surface area (Å²) in [6.07, 6.45) is 2.54. The van der Waals surface area contributed by atoms with E-state index in [1.807, 2.05) is 0 Å². The van der Waals surface area contributed by atoms with Crippen molar-refractivity contribution in [2.24, 2.45) is 0 Å². The Morgan fingerprint density at radius 1 is 1.33 bits per heavy atom. The molecule has 2 aromatic heterocycles. The standard InChI is InChI=1S/C16H18ClN5O5/c1-16(2,3)27-11(23)8-21(4)14-12(22(24)25)15(20-9-19-14)26-10-6-5-7-18-13(10)17/h5-7,9H,8H2,1-4H3. The summed E-state index contributed by atoms with van der Waals surface area (Å²) in [6.45, 7) is 4.92. The van der Waals surface area contributed by atoms with E-state index in [4.69, 9.17) is 21.1 Å². The van der Waals surface area contributed by atoms with Crippen LogP contribution in [0.2, 0.25) is 5.15 Å². The fourth-order valence-corrected chi connectivity index (χ4v) is 2.22. The predicted molar refractivity (Wildman–Crippen MR) is 97.1 cm³/mol. The zero-order valence-corrected chi connectivity index (χ0v) is 15.9. The summed E-state index contributed by atoms with van der Waals surface area (Å²) in [6, 6.07) is 3.05. The number of rotatable bonds is 6. The number of ether oxygens (including phenoxy) is 2. The summed E-state index contributed by atoms with van der Waals surface area (Å²) in [7, 11) is 1.47. The van der Waals surface area contributed by atoms with Crippen molar-refractivity contribution < 1.29 is 19.2 Å². The van der Waals surface area contributed by atoms with Crippen LogP contribution in [0, 0.1) is 10.1 Å². The first-order chi connectivity index (χ1) is 12.6. The SMILES string of the molecule is CN(CC(=O)OC(C)(C)C)c1ncnc(Oc2cccnc2Cl)c1[N+](=O)[O-]. The summed E-state index contributed by atoms with van der Waals surface area (Å²) < 4.78 is 10.7. The molecule has 2 heterocycles. The molecule has 0 aliphatic carbocycles. The molecular formula is C16H18ClN5O5. The fraction of sp³-hybridized carbons (Fsp3) is 0.375. The second kappa shape index (κ2) is 8.12. The molecule has 10 nitrogen and oxygen atoms in total. The summed E-state index contributed by atoms with van der Waals surface area (Å²) >= 11 is 5.92. The molecule has 0 aromatic carbocycles. The van der Waals surface area contributed by atoms with Gasteiger partial charge in [0.1, 0.15) is 18.5 Å². The van der Waals surface area contributed by atoms with E-state index in [0.717, 1.165) is 6.33 Å². The molecule has 0 aliphatic rings. The Morgan fingerprint density at radius 2 is 2.04 bits per heavy atom. The quantitative estimate of drug-likeness (QED) is 0.314. The third-order valence-electron chi connectivity index (χ3n) is 3.03. The van der Waals surface area contributed by atoms with E-state index < -0.39 is 22.2 Å². The van der Waals surface area contributed by atoms with E-state index in [1.54, 1.807) is 26.8 Å². The normalized spacial score (nSPS) is 11.0. The highest BCUT2D eigenvalue weighted by atomic mass is 35.5. The molecule has 2 rings (SSSR count). The summed E-state index contributed by atoms with van der Waals surface area (Å²) in [5.74, 6) is -0.885. The molecule has 0 saturated heterocycles. The Morgan fingerprint density at radius 3 is 2.63 bits per heavy atom. The summed E-state index contributed by atoms with van der Waals surface area (Å²) in [5, 5.41) is 11.6. The molecule has 0 fully saturated rings. The number of likely N-dealkylation sites (N-methyl/N-ethyl adjacent to an activating group) is 1. The van der Waals surface area contributed by atoms with Gasteiger partial charge in [-0.1, -0.05) is 11.6 Å². The van der Waals surface area contributed by atoms with Crippen LogP contribution < -0.4 is 9.64 Å². The zero-order chi connectivity index (χ0) is 20.2. The molecule has 0 spiro atoms. The number of carbonyl (C=O) groups is 1. The van der Waals surface area contributed by atoms with Gasteiger partial charge >= 0.3 is 17.5 Å². The minimum atomic E-state index is -0.694. The number of hydrogen-bond donors (Lipinski definition) is 0. The number of esters is 1. The third kappa shape index (κ3) is 5.48. The highest BCUT2D eigenvalue weighted by Crippen LogP contribution is 2.37. The van der Waals surface area contributed by atoms with Gasteiger partial charge in [0.05, 0.1) is 4.92 Å². The molecule has 27 heavy (non-hydrogen) atoms. The molecule has 2 aromatic rings. The molecule has 144 valence electrons. The van der Waals surface area contributed by atoms with Crippen molar-refractivity contribution in [3.63, 3.8) is 0 Å². The van der Waals surface area contributed by atoms with E-state index in [-0.39, 0.29) is 29.1 Å². The smallest absolute Gasteiger partial charge is 0.373 e. The van der Waals surface area contributed by atoms with E-state index in [0.29, 0.717) is 0 Å². The Labute approximate surface area is 160 Å². The Hall–Kier alpha value is -3.01. The number of pyridine rings is 1. The lowest BCUT2D eigenvalue weighted by Crippen LogP contribution is -2.33. The Bertz CT molecular complexity index is 855. The third-order valence-corrected chi connectivity index (χ3v) is 3.32. The molecule has 0 atom stereocenters. The lowest BCUT2D eigenvalue weighted by molar-refractivity contribution is -0.385. The van der Waals surface area contributed by atoms with E-state index in [2.05, 4.69) is 15.0 Å². The van der Waals surface area contributed by atoms with Crippen LogP contribution >= 0.6 is 11.6 Å². The maximum atomic E-state index is 12.0. The van der Waals surface area contributed by atoms with Gasteiger partial charge in [0, 0.05) is 13.2 Å².